The zero-order valence-electron chi connectivity index (χ0n) is 15.6. The topological polar surface area (TPSA) is 91.4 Å². The summed E-state index contributed by atoms with van der Waals surface area (Å²) in [6.07, 6.45) is 3.44. The minimum absolute atomic E-state index is 0.0886. The number of hydrogen-bond donors (Lipinski definition) is 2. The maximum atomic E-state index is 12.7. The first-order chi connectivity index (χ1) is 13.5. The van der Waals surface area contributed by atoms with Crippen LogP contribution in [-0.4, -0.2) is 35.3 Å². The fourth-order valence-corrected chi connectivity index (χ4v) is 3.96. The van der Waals surface area contributed by atoms with Gasteiger partial charge in [0.2, 0.25) is 5.91 Å². The highest BCUT2D eigenvalue weighted by atomic mass is 32.1. The first kappa shape index (κ1) is 18.6. The van der Waals surface area contributed by atoms with Crippen LogP contribution in [0.3, 0.4) is 0 Å². The predicted octanol–water partition coefficient (Wildman–Crippen LogP) is 2.65. The third-order valence-electron chi connectivity index (χ3n) is 4.88. The van der Waals surface area contributed by atoms with Crippen molar-refractivity contribution in [1.82, 2.24) is 15.6 Å². The number of benzene rings is 1. The molecule has 0 spiro atoms. The number of hydrogen-bond acceptors (Lipinski definition) is 5. The Kier molecular flexibility index (Phi) is 5.13. The van der Waals surface area contributed by atoms with Crippen LogP contribution in [0.15, 0.2) is 29.6 Å². The van der Waals surface area contributed by atoms with Crippen molar-refractivity contribution in [2.75, 3.05) is 11.4 Å². The molecule has 3 amide bonds. The largest absolute Gasteiger partial charge is 0.348 e. The molecule has 0 unspecified atom stereocenters. The predicted molar refractivity (Wildman–Crippen MR) is 107 cm³/mol. The zero-order valence-corrected chi connectivity index (χ0v) is 16.4. The maximum Gasteiger partial charge on any atom is 0.270 e. The molecule has 1 saturated heterocycles. The van der Waals surface area contributed by atoms with Crippen LogP contribution in [0.25, 0.3) is 0 Å². The van der Waals surface area contributed by atoms with Crippen molar-refractivity contribution in [3.63, 3.8) is 0 Å². The van der Waals surface area contributed by atoms with E-state index in [1.54, 1.807) is 28.5 Å². The monoisotopic (exact) mass is 398 g/mol. The van der Waals surface area contributed by atoms with E-state index in [-0.39, 0.29) is 29.8 Å². The third kappa shape index (κ3) is 4.06. The third-order valence-corrected chi connectivity index (χ3v) is 5.91. The second kappa shape index (κ2) is 7.71. The van der Waals surface area contributed by atoms with Crippen molar-refractivity contribution >= 4 is 34.7 Å². The summed E-state index contributed by atoms with van der Waals surface area (Å²) >= 11 is 1.35. The molecule has 1 aromatic carbocycles. The normalized spacial score (nSPS) is 17.5. The molecule has 4 rings (SSSR count). The molecule has 7 nitrogen and oxygen atoms in total. The quantitative estimate of drug-likeness (QED) is 0.783. The van der Waals surface area contributed by atoms with Gasteiger partial charge in [-0.05, 0) is 44.4 Å². The van der Waals surface area contributed by atoms with E-state index < -0.39 is 0 Å². The summed E-state index contributed by atoms with van der Waals surface area (Å²) in [5, 5.41) is 8.23. The van der Waals surface area contributed by atoms with Gasteiger partial charge in [0.05, 0.1) is 6.04 Å². The Labute approximate surface area is 167 Å². The van der Waals surface area contributed by atoms with Gasteiger partial charge in [0.25, 0.3) is 11.8 Å². The van der Waals surface area contributed by atoms with Gasteiger partial charge in [-0.2, -0.15) is 0 Å². The van der Waals surface area contributed by atoms with E-state index >= 15 is 0 Å². The van der Waals surface area contributed by atoms with Gasteiger partial charge in [0.15, 0.2) is 0 Å². The van der Waals surface area contributed by atoms with Crippen molar-refractivity contribution in [2.45, 2.75) is 44.7 Å². The maximum absolute atomic E-state index is 12.7. The number of aromatic nitrogens is 1. The molecule has 28 heavy (non-hydrogen) atoms. The van der Waals surface area contributed by atoms with E-state index in [1.165, 1.54) is 11.3 Å². The van der Waals surface area contributed by atoms with Gasteiger partial charge in [-0.3, -0.25) is 14.4 Å². The fraction of sp³-hybridized carbons (Fsp3) is 0.400. The Hall–Kier alpha value is -2.74. The highest BCUT2D eigenvalue weighted by Crippen LogP contribution is 2.24. The molecule has 146 valence electrons. The SMILES string of the molecule is C[C@H](NC(=O)c1cccc(N2CCCC2=O)c1)c1nc(C(=O)NC2CC2)cs1. The molecule has 0 radical (unpaired) electrons. The van der Waals surface area contributed by atoms with Crippen LogP contribution in [0.5, 0.6) is 0 Å². The van der Waals surface area contributed by atoms with Crippen LogP contribution >= 0.6 is 11.3 Å². The molecule has 1 aliphatic carbocycles. The van der Waals surface area contributed by atoms with Crippen molar-refractivity contribution in [3.8, 4) is 0 Å². The minimum atomic E-state index is -0.322. The zero-order chi connectivity index (χ0) is 19.7. The van der Waals surface area contributed by atoms with Gasteiger partial charge < -0.3 is 15.5 Å². The molecule has 2 aliphatic rings. The van der Waals surface area contributed by atoms with Crippen LogP contribution in [-0.2, 0) is 4.79 Å². The van der Waals surface area contributed by atoms with Crippen LogP contribution in [0.4, 0.5) is 5.69 Å². The number of rotatable bonds is 6. The Bertz CT molecular complexity index is 922. The number of carbonyl (C=O) groups excluding carboxylic acids is 3. The molecular formula is C20H22N4O3S. The summed E-state index contributed by atoms with van der Waals surface area (Å²) in [4.78, 5) is 42.7. The summed E-state index contributed by atoms with van der Waals surface area (Å²) in [6, 6.07) is 7.05. The molecule has 1 aromatic heterocycles. The van der Waals surface area contributed by atoms with Crippen LogP contribution in [0.1, 0.15) is 64.5 Å². The second-order valence-corrected chi connectivity index (χ2v) is 8.10. The molecule has 2 fully saturated rings. The lowest BCUT2D eigenvalue weighted by molar-refractivity contribution is -0.117. The Balaban J connectivity index is 1.41. The molecule has 2 N–H and O–H groups in total. The van der Waals surface area contributed by atoms with Crippen molar-refractivity contribution in [1.29, 1.82) is 0 Å². The van der Waals surface area contributed by atoms with E-state index in [0.29, 0.717) is 29.2 Å². The van der Waals surface area contributed by atoms with E-state index in [4.69, 9.17) is 0 Å². The Morgan fingerprint density at radius 2 is 2.11 bits per heavy atom. The van der Waals surface area contributed by atoms with Crippen molar-refractivity contribution in [3.05, 3.63) is 45.9 Å². The lowest BCUT2D eigenvalue weighted by Crippen LogP contribution is -2.28. The fourth-order valence-electron chi connectivity index (χ4n) is 3.16. The molecule has 8 heteroatoms. The van der Waals surface area contributed by atoms with Gasteiger partial charge in [0.1, 0.15) is 10.7 Å². The molecule has 1 atom stereocenters. The average molecular weight is 398 g/mol. The van der Waals surface area contributed by atoms with Gasteiger partial charge in [0, 0.05) is 35.6 Å². The average Bonchev–Trinajstić information content (AvgIpc) is 3.18. The lowest BCUT2D eigenvalue weighted by Gasteiger charge is -2.17. The standard InChI is InChI=1S/C20H22N4O3S/c1-12(20-23-16(11-28-20)19(27)22-14-7-8-14)21-18(26)13-4-2-5-15(10-13)24-9-3-6-17(24)25/h2,4-5,10-12,14H,3,6-9H2,1H3,(H,21,26)(H,22,27)/t12-/m0/s1. The van der Waals surface area contributed by atoms with Gasteiger partial charge in [-0.1, -0.05) is 6.07 Å². The highest BCUT2D eigenvalue weighted by molar-refractivity contribution is 7.09. The number of carbonyl (C=O) groups is 3. The Morgan fingerprint density at radius 1 is 1.29 bits per heavy atom. The van der Waals surface area contributed by atoms with Gasteiger partial charge >= 0.3 is 0 Å². The molecule has 2 heterocycles. The van der Waals surface area contributed by atoms with Gasteiger partial charge in [-0.15, -0.1) is 11.3 Å². The second-order valence-electron chi connectivity index (χ2n) is 7.21. The minimum Gasteiger partial charge on any atom is -0.348 e. The van der Waals surface area contributed by atoms with Crippen LogP contribution in [0, 0.1) is 0 Å². The molecule has 0 bridgehead atoms. The number of nitrogens with zero attached hydrogens (tertiary/aromatic N) is 2. The number of amides is 3. The van der Waals surface area contributed by atoms with Crippen LogP contribution < -0.4 is 15.5 Å². The number of nitrogens with one attached hydrogen (secondary N) is 2. The number of anilines is 1. The summed E-state index contributed by atoms with van der Waals surface area (Å²) < 4.78 is 0. The summed E-state index contributed by atoms with van der Waals surface area (Å²) in [5.41, 5.74) is 1.63. The van der Waals surface area contributed by atoms with E-state index in [2.05, 4.69) is 15.6 Å². The van der Waals surface area contributed by atoms with E-state index in [9.17, 15) is 14.4 Å². The summed E-state index contributed by atoms with van der Waals surface area (Å²) in [6.45, 7) is 2.53. The van der Waals surface area contributed by atoms with Gasteiger partial charge in [-0.25, -0.2) is 4.98 Å². The van der Waals surface area contributed by atoms with E-state index in [1.807, 2.05) is 13.0 Å². The molecule has 1 saturated carbocycles. The first-order valence-electron chi connectivity index (χ1n) is 9.49. The highest BCUT2D eigenvalue weighted by Gasteiger charge is 2.26. The lowest BCUT2D eigenvalue weighted by atomic mass is 10.1. The molecular weight excluding hydrogens is 376 g/mol. The van der Waals surface area contributed by atoms with Crippen molar-refractivity contribution in [2.24, 2.45) is 0 Å². The molecule has 2 aromatic rings. The Morgan fingerprint density at radius 3 is 2.82 bits per heavy atom. The first-order valence-corrected chi connectivity index (χ1v) is 10.4. The summed E-state index contributed by atoms with van der Waals surface area (Å²) in [7, 11) is 0. The molecule has 1 aliphatic heterocycles. The number of thiazole rings is 1. The van der Waals surface area contributed by atoms with Crippen molar-refractivity contribution < 1.29 is 14.4 Å². The smallest absolute Gasteiger partial charge is 0.270 e. The van der Waals surface area contributed by atoms with E-state index in [0.717, 1.165) is 24.9 Å². The van der Waals surface area contributed by atoms with Crippen LogP contribution in [0.2, 0.25) is 0 Å². The summed E-state index contributed by atoms with van der Waals surface area (Å²) in [5.74, 6) is -0.308.